The molecule has 0 saturated carbocycles. The summed E-state index contributed by atoms with van der Waals surface area (Å²) in [4.78, 5) is 12.2. The zero-order chi connectivity index (χ0) is 16.9. The summed E-state index contributed by atoms with van der Waals surface area (Å²) in [6.07, 6.45) is 2.65. The Morgan fingerprint density at radius 3 is 2.96 bits per heavy atom. The summed E-state index contributed by atoms with van der Waals surface area (Å²) < 4.78 is 25.3. The smallest absolute Gasteiger partial charge is 0.226 e. The lowest BCUT2D eigenvalue weighted by Gasteiger charge is -2.30. The molecule has 24 heavy (non-hydrogen) atoms. The fraction of sp³-hybridized carbons (Fsp3) is 0.412. The highest BCUT2D eigenvalue weighted by molar-refractivity contribution is 5.78. The molecular formula is C17H20FN3O3. The van der Waals surface area contributed by atoms with Crippen LogP contribution in [0.5, 0.6) is 0 Å². The van der Waals surface area contributed by atoms with Gasteiger partial charge in [0, 0.05) is 19.9 Å². The molecule has 1 aliphatic rings. The minimum Gasteiger partial charge on any atom is -0.379 e. The summed E-state index contributed by atoms with van der Waals surface area (Å²) in [5.74, 6) is -0.426. The molecule has 0 unspecified atom stereocenters. The number of amides is 1. The van der Waals surface area contributed by atoms with E-state index in [4.69, 9.17) is 9.47 Å². The molecule has 7 heteroatoms. The summed E-state index contributed by atoms with van der Waals surface area (Å²) in [6.45, 7) is 1.10. The fourth-order valence-corrected chi connectivity index (χ4v) is 2.75. The maximum atomic E-state index is 13.0. The van der Waals surface area contributed by atoms with E-state index in [9.17, 15) is 9.18 Å². The highest BCUT2D eigenvalue weighted by Gasteiger charge is 2.27. The molecule has 2 heterocycles. The van der Waals surface area contributed by atoms with Crippen LogP contribution in [0.4, 0.5) is 4.39 Å². The van der Waals surface area contributed by atoms with Gasteiger partial charge in [0.2, 0.25) is 5.91 Å². The molecule has 1 fully saturated rings. The molecule has 0 radical (unpaired) electrons. The lowest BCUT2D eigenvalue weighted by atomic mass is 10.1. The number of nitrogens with one attached hydrogen (secondary N) is 1. The number of hydrogen-bond donors (Lipinski definition) is 1. The molecule has 2 atom stereocenters. The summed E-state index contributed by atoms with van der Waals surface area (Å²) in [6, 6.07) is 7.64. The van der Waals surface area contributed by atoms with Crippen molar-refractivity contribution in [3.63, 3.8) is 0 Å². The van der Waals surface area contributed by atoms with Crippen LogP contribution in [0.15, 0.2) is 36.5 Å². The second kappa shape index (κ2) is 7.55. The van der Waals surface area contributed by atoms with Crippen molar-refractivity contribution in [2.75, 3.05) is 20.3 Å². The average Bonchev–Trinajstić information content (AvgIpc) is 3.04. The number of rotatable bonds is 5. The van der Waals surface area contributed by atoms with E-state index < -0.39 is 0 Å². The van der Waals surface area contributed by atoms with Gasteiger partial charge in [0.1, 0.15) is 5.82 Å². The number of benzene rings is 1. The van der Waals surface area contributed by atoms with Gasteiger partial charge in [-0.25, -0.2) is 9.07 Å². The Balaban J connectivity index is 1.59. The van der Waals surface area contributed by atoms with E-state index in [1.54, 1.807) is 36.2 Å². The predicted octanol–water partition coefficient (Wildman–Crippen LogP) is 1.47. The molecule has 1 aromatic heterocycles. The summed E-state index contributed by atoms with van der Waals surface area (Å²) in [7, 11) is 1.64. The van der Waals surface area contributed by atoms with Gasteiger partial charge < -0.3 is 14.8 Å². The highest BCUT2D eigenvalue weighted by atomic mass is 19.1. The monoisotopic (exact) mass is 333 g/mol. The molecular weight excluding hydrogens is 313 g/mol. The van der Waals surface area contributed by atoms with Crippen molar-refractivity contribution in [3.05, 3.63) is 48.0 Å². The number of halogens is 1. The van der Waals surface area contributed by atoms with E-state index in [2.05, 4.69) is 10.4 Å². The van der Waals surface area contributed by atoms with Crippen LogP contribution in [0, 0.1) is 5.82 Å². The summed E-state index contributed by atoms with van der Waals surface area (Å²) >= 11 is 0. The first kappa shape index (κ1) is 16.6. The Bertz CT molecular complexity index is 687. The Kier molecular flexibility index (Phi) is 5.22. The van der Waals surface area contributed by atoms with Crippen LogP contribution in [0.2, 0.25) is 0 Å². The number of carbonyl (C=O) groups excluding carboxylic acids is 1. The van der Waals surface area contributed by atoms with Gasteiger partial charge in [-0.15, -0.1) is 0 Å². The first-order valence-electron chi connectivity index (χ1n) is 7.86. The molecule has 2 aromatic rings. The van der Waals surface area contributed by atoms with E-state index in [1.165, 1.54) is 12.1 Å². The third kappa shape index (κ3) is 3.98. The number of aromatic nitrogens is 2. The molecule has 1 aliphatic heterocycles. The Morgan fingerprint density at radius 2 is 2.21 bits per heavy atom. The van der Waals surface area contributed by atoms with Gasteiger partial charge in [0.15, 0.2) is 0 Å². The maximum Gasteiger partial charge on any atom is 0.226 e. The van der Waals surface area contributed by atoms with Crippen molar-refractivity contribution >= 4 is 5.91 Å². The van der Waals surface area contributed by atoms with Crippen molar-refractivity contribution in [1.29, 1.82) is 0 Å². The van der Waals surface area contributed by atoms with E-state index in [0.29, 0.717) is 18.9 Å². The molecule has 1 aromatic carbocycles. The first-order valence-corrected chi connectivity index (χ1v) is 7.86. The standard InChI is InChI=1S/C17H20FN3O3/c1-23-16-7-9-24-11-15(16)19-17(22)10-13-6-8-21(20-13)14-4-2-12(18)3-5-14/h2-6,8,15-16H,7,9-11H2,1H3,(H,19,22)/t15-,16-/m1/s1. The van der Waals surface area contributed by atoms with Crippen molar-refractivity contribution in [3.8, 4) is 5.69 Å². The molecule has 0 spiro atoms. The van der Waals surface area contributed by atoms with Crippen molar-refractivity contribution < 1.29 is 18.7 Å². The van der Waals surface area contributed by atoms with Gasteiger partial charge in [-0.2, -0.15) is 5.10 Å². The van der Waals surface area contributed by atoms with Crippen LogP contribution in [0.3, 0.4) is 0 Å². The number of carbonyl (C=O) groups is 1. The van der Waals surface area contributed by atoms with Crippen LogP contribution in [-0.2, 0) is 20.7 Å². The van der Waals surface area contributed by atoms with Crippen LogP contribution in [-0.4, -0.2) is 48.2 Å². The third-order valence-corrected chi connectivity index (χ3v) is 4.02. The molecule has 6 nitrogen and oxygen atoms in total. The Labute approximate surface area is 139 Å². The van der Waals surface area contributed by atoms with E-state index in [-0.39, 0.29) is 30.3 Å². The van der Waals surface area contributed by atoms with Gasteiger partial charge in [-0.05, 0) is 36.8 Å². The van der Waals surface area contributed by atoms with Gasteiger partial charge >= 0.3 is 0 Å². The highest BCUT2D eigenvalue weighted by Crippen LogP contribution is 2.12. The van der Waals surface area contributed by atoms with Gasteiger partial charge in [-0.1, -0.05) is 0 Å². The first-order chi connectivity index (χ1) is 11.7. The lowest BCUT2D eigenvalue weighted by molar-refractivity contribution is -0.124. The summed E-state index contributed by atoms with van der Waals surface area (Å²) in [5.41, 5.74) is 1.38. The Morgan fingerprint density at radius 1 is 1.42 bits per heavy atom. The Hall–Kier alpha value is -2.25. The van der Waals surface area contributed by atoms with Crippen molar-refractivity contribution in [2.45, 2.75) is 25.0 Å². The van der Waals surface area contributed by atoms with E-state index in [1.807, 2.05) is 0 Å². The fourth-order valence-electron chi connectivity index (χ4n) is 2.75. The van der Waals surface area contributed by atoms with Gasteiger partial charge in [0.05, 0.1) is 36.6 Å². The molecule has 1 saturated heterocycles. The molecule has 1 N–H and O–H groups in total. The number of hydrogen-bond acceptors (Lipinski definition) is 4. The SMILES string of the molecule is CO[C@@H]1CCOC[C@H]1NC(=O)Cc1ccn(-c2ccc(F)cc2)n1. The average molecular weight is 333 g/mol. The van der Waals surface area contributed by atoms with Crippen LogP contribution in [0.25, 0.3) is 5.69 Å². The van der Waals surface area contributed by atoms with Crippen LogP contribution in [0.1, 0.15) is 12.1 Å². The molecule has 0 bridgehead atoms. The molecule has 1 amide bonds. The third-order valence-electron chi connectivity index (χ3n) is 4.02. The number of methoxy groups -OCH3 is 1. The summed E-state index contributed by atoms with van der Waals surface area (Å²) in [5, 5.41) is 7.29. The zero-order valence-electron chi connectivity index (χ0n) is 13.4. The molecule has 0 aliphatic carbocycles. The number of nitrogens with zero attached hydrogens (tertiary/aromatic N) is 2. The molecule has 128 valence electrons. The van der Waals surface area contributed by atoms with Crippen molar-refractivity contribution in [2.24, 2.45) is 0 Å². The maximum absolute atomic E-state index is 13.0. The topological polar surface area (TPSA) is 65.4 Å². The van der Waals surface area contributed by atoms with E-state index in [0.717, 1.165) is 12.1 Å². The minimum absolute atomic E-state index is 0.0283. The van der Waals surface area contributed by atoms with Crippen LogP contribution >= 0.6 is 0 Å². The zero-order valence-corrected chi connectivity index (χ0v) is 13.4. The lowest BCUT2D eigenvalue weighted by Crippen LogP contribution is -2.50. The van der Waals surface area contributed by atoms with Gasteiger partial charge in [-0.3, -0.25) is 4.79 Å². The van der Waals surface area contributed by atoms with E-state index >= 15 is 0 Å². The second-order valence-electron chi connectivity index (χ2n) is 5.72. The number of ether oxygens (including phenoxy) is 2. The quantitative estimate of drug-likeness (QED) is 0.900. The molecule has 3 rings (SSSR count). The second-order valence-corrected chi connectivity index (χ2v) is 5.72. The normalized spacial score (nSPS) is 20.8. The van der Waals surface area contributed by atoms with Crippen molar-refractivity contribution in [1.82, 2.24) is 15.1 Å². The largest absolute Gasteiger partial charge is 0.379 e. The minimum atomic E-state index is -0.298. The van der Waals surface area contributed by atoms with Gasteiger partial charge in [0.25, 0.3) is 0 Å². The van der Waals surface area contributed by atoms with Crippen LogP contribution < -0.4 is 5.32 Å². The predicted molar refractivity (Wildman–Crippen MR) is 85.4 cm³/mol.